The van der Waals surface area contributed by atoms with E-state index in [0.29, 0.717) is 6.10 Å². The second-order valence-electron chi connectivity index (χ2n) is 4.74. The molecule has 3 heteroatoms. The smallest absolute Gasteiger partial charge is 0.137 e. The second-order valence-corrected chi connectivity index (χ2v) is 5.59. The van der Waals surface area contributed by atoms with Gasteiger partial charge < -0.3 is 10.5 Å². The lowest BCUT2D eigenvalue weighted by atomic mass is 10.0. The average molecular weight is 268 g/mol. The molecule has 2 nitrogen and oxygen atoms in total. The van der Waals surface area contributed by atoms with Gasteiger partial charge in [-0.05, 0) is 52.9 Å². The third-order valence-corrected chi connectivity index (χ3v) is 3.90. The summed E-state index contributed by atoms with van der Waals surface area (Å²) >= 11 is 3.57. The Kier molecular flexibility index (Phi) is 1.92. The molecule has 1 aromatic rings. The van der Waals surface area contributed by atoms with E-state index in [4.69, 9.17) is 10.5 Å². The van der Waals surface area contributed by atoms with Crippen LogP contribution in [0.1, 0.15) is 30.9 Å². The van der Waals surface area contributed by atoms with Gasteiger partial charge in [0.1, 0.15) is 11.9 Å². The van der Waals surface area contributed by atoms with Crippen LogP contribution in [0.2, 0.25) is 0 Å². The van der Waals surface area contributed by atoms with Gasteiger partial charge in [0, 0.05) is 12.0 Å². The molecule has 15 heavy (non-hydrogen) atoms. The number of hydrogen-bond donors (Lipinski definition) is 1. The van der Waals surface area contributed by atoms with Gasteiger partial charge >= 0.3 is 0 Å². The van der Waals surface area contributed by atoms with Gasteiger partial charge in [0.25, 0.3) is 0 Å². The third-order valence-electron chi connectivity index (χ3n) is 3.31. The molecule has 0 spiro atoms. The van der Waals surface area contributed by atoms with Gasteiger partial charge in [-0.25, -0.2) is 0 Å². The number of benzene rings is 1. The highest BCUT2D eigenvalue weighted by Crippen LogP contribution is 2.47. The summed E-state index contributed by atoms with van der Waals surface area (Å²) in [5.41, 5.74) is 8.70. The summed E-state index contributed by atoms with van der Waals surface area (Å²) in [4.78, 5) is 0. The predicted molar refractivity (Wildman–Crippen MR) is 63.0 cm³/mol. The number of halogens is 1. The zero-order valence-electron chi connectivity index (χ0n) is 8.72. The fourth-order valence-electron chi connectivity index (χ4n) is 2.20. The van der Waals surface area contributed by atoms with Crippen LogP contribution in [0.15, 0.2) is 16.6 Å². The zero-order valence-corrected chi connectivity index (χ0v) is 10.3. The Bertz CT molecular complexity index is 426. The van der Waals surface area contributed by atoms with Crippen molar-refractivity contribution in [3.05, 3.63) is 27.7 Å². The topological polar surface area (TPSA) is 35.2 Å². The zero-order chi connectivity index (χ0) is 10.6. The van der Waals surface area contributed by atoms with E-state index in [1.807, 2.05) is 0 Å². The van der Waals surface area contributed by atoms with Gasteiger partial charge in [0.05, 0.1) is 4.47 Å². The summed E-state index contributed by atoms with van der Waals surface area (Å²) in [6, 6.07) is 4.33. The highest BCUT2D eigenvalue weighted by Gasteiger charge is 2.41. The maximum absolute atomic E-state index is 6.20. The van der Waals surface area contributed by atoms with E-state index in [2.05, 4.69) is 35.0 Å². The van der Waals surface area contributed by atoms with Crippen molar-refractivity contribution < 1.29 is 4.74 Å². The predicted octanol–water partition coefficient (Wildman–Crippen LogP) is 2.72. The minimum atomic E-state index is -0.0522. The first-order valence-electron chi connectivity index (χ1n) is 5.37. The molecule has 1 aliphatic carbocycles. The molecule has 1 atom stereocenters. The van der Waals surface area contributed by atoms with Crippen molar-refractivity contribution in [1.29, 1.82) is 0 Å². The average Bonchev–Trinajstić information content (AvgIpc) is 2.79. The monoisotopic (exact) mass is 267 g/mol. The maximum atomic E-state index is 6.20. The minimum Gasteiger partial charge on any atom is -0.489 e. The van der Waals surface area contributed by atoms with Crippen LogP contribution >= 0.6 is 15.9 Å². The molecule has 0 aromatic heterocycles. The lowest BCUT2D eigenvalue weighted by Gasteiger charge is -2.12. The Hall–Kier alpha value is -0.540. The molecular formula is C12H14BrNO. The highest BCUT2D eigenvalue weighted by atomic mass is 79.9. The van der Waals surface area contributed by atoms with Crippen molar-refractivity contribution in [3.63, 3.8) is 0 Å². The van der Waals surface area contributed by atoms with Crippen LogP contribution in [0.3, 0.4) is 0 Å². The molecule has 0 bridgehead atoms. The summed E-state index contributed by atoms with van der Waals surface area (Å²) in [6.45, 7) is 2.10. The van der Waals surface area contributed by atoms with Gasteiger partial charge in [-0.2, -0.15) is 0 Å². The molecule has 1 saturated carbocycles. The standard InChI is InChI=1S/C12H14BrNO/c1-7-4-8-5-9(12(14)2-3-12)6-10(13)11(8)15-7/h5-7H,2-4,14H2,1H3. The Morgan fingerprint density at radius 3 is 2.87 bits per heavy atom. The Labute approximate surface area is 97.9 Å². The molecule has 0 saturated heterocycles. The van der Waals surface area contributed by atoms with E-state index in [9.17, 15) is 0 Å². The number of ether oxygens (including phenoxy) is 1. The van der Waals surface area contributed by atoms with Crippen molar-refractivity contribution >= 4 is 15.9 Å². The summed E-state index contributed by atoms with van der Waals surface area (Å²) in [7, 11) is 0. The molecule has 0 radical (unpaired) electrons. The van der Waals surface area contributed by atoms with Crippen LogP contribution in [0.5, 0.6) is 5.75 Å². The van der Waals surface area contributed by atoms with E-state index in [1.165, 1.54) is 11.1 Å². The van der Waals surface area contributed by atoms with E-state index in [-0.39, 0.29) is 5.54 Å². The third kappa shape index (κ3) is 1.49. The van der Waals surface area contributed by atoms with Gasteiger partial charge in [-0.1, -0.05) is 6.07 Å². The summed E-state index contributed by atoms with van der Waals surface area (Å²) in [5, 5.41) is 0. The quantitative estimate of drug-likeness (QED) is 0.850. The van der Waals surface area contributed by atoms with Gasteiger partial charge in [-0.15, -0.1) is 0 Å². The van der Waals surface area contributed by atoms with Gasteiger partial charge in [-0.3, -0.25) is 0 Å². The van der Waals surface area contributed by atoms with Crippen LogP contribution in [0.4, 0.5) is 0 Å². The SMILES string of the molecule is CC1Cc2cc(C3(N)CC3)cc(Br)c2O1. The van der Waals surface area contributed by atoms with Gasteiger partial charge in [0.15, 0.2) is 0 Å². The molecule has 1 fully saturated rings. The Morgan fingerprint density at radius 2 is 2.20 bits per heavy atom. The number of hydrogen-bond acceptors (Lipinski definition) is 2. The highest BCUT2D eigenvalue weighted by molar-refractivity contribution is 9.10. The van der Waals surface area contributed by atoms with E-state index < -0.39 is 0 Å². The van der Waals surface area contributed by atoms with Crippen molar-refractivity contribution in [2.75, 3.05) is 0 Å². The summed E-state index contributed by atoms with van der Waals surface area (Å²) < 4.78 is 6.79. The first-order chi connectivity index (χ1) is 7.08. The fraction of sp³-hybridized carbons (Fsp3) is 0.500. The number of fused-ring (bicyclic) bond motifs is 1. The van der Waals surface area contributed by atoms with Crippen molar-refractivity contribution in [2.24, 2.45) is 5.73 Å². The molecule has 1 unspecified atom stereocenters. The first kappa shape index (κ1) is 9.67. The minimum absolute atomic E-state index is 0.0522. The number of rotatable bonds is 1. The Balaban J connectivity index is 2.08. The first-order valence-corrected chi connectivity index (χ1v) is 6.16. The van der Waals surface area contributed by atoms with E-state index >= 15 is 0 Å². The molecule has 1 aliphatic heterocycles. The largest absolute Gasteiger partial charge is 0.489 e. The van der Waals surface area contributed by atoms with Crippen LogP contribution in [0.25, 0.3) is 0 Å². The number of nitrogens with two attached hydrogens (primary N) is 1. The second kappa shape index (κ2) is 2.98. The van der Waals surface area contributed by atoms with Crippen LogP contribution < -0.4 is 10.5 Å². The fourth-order valence-corrected chi connectivity index (χ4v) is 2.79. The van der Waals surface area contributed by atoms with Crippen molar-refractivity contribution in [3.8, 4) is 5.75 Å². The van der Waals surface area contributed by atoms with E-state index in [1.54, 1.807) is 0 Å². The molecule has 80 valence electrons. The van der Waals surface area contributed by atoms with Crippen molar-refractivity contribution in [1.82, 2.24) is 0 Å². The Morgan fingerprint density at radius 1 is 1.47 bits per heavy atom. The molecule has 1 aromatic carbocycles. The lowest BCUT2D eigenvalue weighted by Crippen LogP contribution is -2.18. The molecule has 2 N–H and O–H groups in total. The summed E-state index contributed by atoms with van der Waals surface area (Å²) in [5.74, 6) is 1.01. The molecular weight excluding hydrogens is 254 g/mol. The normalized spacial score (nSPS) is 25.9. The summed E-state index contributed by atoms with van der Waals surface area (Å²) in [6.07, 6.45) is 3.50. The molecule has 2 aliphatic rings. The van der Waals surface area contributed by atoms with Crippen LogP contribution in [0, 0.1) is 0 Å². The molecule has 1 heterocycles. The van der Waals surface area contributed by atoms with Crippen molar-refractivity contribution in [2.45, 2.75) is 37.8 Å². The van der Waals surface area contributed by atoms with Crippen LogP contribution in [-0.4, -0.2) is 6.10 Å². The maximum Gasteiger partial charge on any atom is 0.137 e. The molecule has 0 amide bonds. The lowest BCUT2D eigenvalue weighted by molar-refractivity contribution is 0.253. The van der Waals surface area contributed by atoms with Gasteiger partial charge in [0.2, 0.25) is 0 Å². The molecule has 3 rings (SSSR count). The van der Waals surface area contributed by atoms with Crippen LogP contribution in [-0.2, 0) is 12.0 Å². The van der Waals surface area contributed by atoms with E-state index in [0.717, 1.165) is 29.5 Å².